The van der Waals surface area contributed by atoms with E-state index in [1.165, 1.54) is 34.4 Å². The number of aromatic nitrogens is 2. The van der Waals surface area contributed by atoms with Gasteiger partial charge in [0, 0.05) is 31.1 Å². The normalized spacial score (nSPS) is 27.4. The van der Waals surface area contributed by atoms with Gasteiger partial charge in [-0.15, -0.1) is 11.3 Å². The Morgan fingerprint density at radius 3 is 2.68 bits per heavy atom. The van der Waals surface area contributed by atoms with Gasteiger partial charge in [-0.2, -0.15) is 4.98 Å². The van der Waals surface area contributed by atoms with Crippen molar-refractivity contribution in [3.63, 3.8) is 0 Å². The van der Waals surface area contributed by atoms with E-state index in [-0.39, 0.29) is 0 Å². The maximum absolute atomic E-state index is 6.04. The third-order valence-corrected chi connectivity index (χ3v) is 6.76. The fourth-order valence-corrected chi connectivity index (χ4v) is 5.71. The van der Waals surface area contributed by atoms with Gasteiger partial charge >= 0.3 is 0 Å². The molecule has 0 amide bonds. The first-order valence-electron chi connectivity index (χ1n) is 8.33. The van der Waals surface area contributed by atoms with Crippen LogP contribution in [0.1, 0.15) is 23.3 Å². The van der Waals surface area contributed by atoms with Gasteiger partial charge in [-0.1, -0.05) is 0 Å². The molecule has 2 aromatic rings. The lowest BCUT2D eigenvalue weighted by molar-refractivity contribution is 0.533. The third-order valence-electron chi connectivity index (χ3n) is 5.48. The molecule has 0 unspecified atom stereocenters. The minimum Gasteiger partial charge on any atom is -0.368 e. The molecule has 0 aromatic carbocycles. The molecule has 3 aliphatic rings. The van der Waals surface area contributed by atoms with Crippen molar-refractivity contribution in [3.05, 3.63) is 10.4 Å². The summed E-state index contributed by atoms with van der Waals surface area (Å²) in [5, 5.41) is 3.50. The van der Waals surface area contributed by atoms with E-state index in [0.717, 1.165) is 55.8 Å². The summed E-state index contributed by atoms with van der Waals surface area (Å²) < 4.78 is 1.27. The third kappa shape index (κ3) is 1.86. The van der Waals surface area contributed by atoms with Crippen molar-refractivity contribution in [1.29, 1.82) is 0 Å². The summed E-state index contributed by atoms with van der Waals surface area (Å²) in [5.74, 6) is 3.06. The van der Waals surface area contributed by atoms with Crippen molar-refractivity contribution in [2.24, 2.45) is 11.8 Å². The SMILES string of the molecule is Nc1nc(N2C[C@H]3CNC[C@H]3C2)c2sc3c(c2n1)CCCC3. The number of hydrogen-bond acceptors (Lipinski definition) is 6. The molecule has 0 radical (unpaired) electrons. The number of rotatable bonds is 1. The van der Waals surface area contributed by atoms with Crippen LogP contribution in [0.15, 0.2) is 0 Å². The van der Waals surface area contributed by atoms with Crippen LogP contribution in [0.4, 0.5) is 11.8 Å². The van der Waals surface area contributed by atoms with E-state index >= 15 is 0 Å². The van der Waals surface area contributed by atoms with Crippen molar-refractivity contribution < 1.29 is 0 Å². The highest BCUT2D eigenvalue weighted by Crippen LogP contribution is 2.41. The lowest BCUT2D eigenvalue weighted by Gasteiger charge is -2.19. The molecule has 0 saturated carbocycles. The lowest BCUT2D eigenvalue weighted by atomic mass is 9.98. The summed E-state index contributed by atoms with van der Waals surface area (Å²) in [4.78, 5) is 13.2. The van der Waals surface area contributed by atoms with Crippen molar-refractivity contribution >= 4 is 33.3 Å². The molecule has 1 aliphatic carbocycles. The topological polar surface area (TPSA) is 67.1 Å². The first-order chi connectivity index (χ1) is 10.8. The summed E-state index contributed by atoms with van der Waals surface area (Å²) in [5.41, 5.74) is 8.63. The zero-order valence-electron chi connectivity index (χ0n) is 12.6. The van der Waals surface area contributed by atoms with Gasteiger partial charge in [0.1, 0.15) is 0 Å². The van der Waals surface area contributed by atoms with E-state index in [2.05, 4.69) is 20.2 Å². The van der Waals surface area contributed by atoms with Crippen molar-refractivity contribution in [2.45, 2.75) is 25.7 Å². The Balaban J connectivity index is 1.62. The molecule has 2 fully saturated rings. The van der Waals surface area contributed by atoms with Crippen LogP contribution in [-0.2, 0) is 12.8 Å². The van der Waals surface area contributed by atoms with Crippen LogP contribution in [0.2, 0.25) is 0 Å². The number of nitrogen functional groups attached to an aromatic ring is 1. The highest BCUT2D eigenvalue weighted by atomic mass is 32.1. The fourth-order valence-electron chi connectivity index (χ4n) is 4.36. The summed E-state index contributed by atoms with van der Waals surface area (Å²) in [6, 6.07) is 0. The smallest absolute Gasteiger partial charge is 0.222 e. The number of fused-ring (bicyclic) bond motifs is 4. The van der Waals surface area contributed by atoms with E-state index in [0.29, 0.717) is 5.95 Å². The largest absolute Gasteiger partial charge is 0.368 e. The quantitative estimate of drug-likeness (QED) is 0.840. The Hall–Kier alpha value is -1.40. The number of hydrogen-bond donors (Lipinski definition) is 2. The Morgan fingerprint density at radius 2 is 1.86 bits per heavy atom. The van der Waals surface area contributed by atoms with Gasteiger partial charge < -0.3 is 16.0 Å². The Labute approximate surface area is 133 Å². The van der Waals surface area contributed by atoms with Crippen LogP contribution in [0, 0.1) is 11.8 Å². The number of nitrogens with two attached hydrogens (primary N) is 1. The number of thiophene rings is 1. The van der Waals surface area contributed by atoms with Gasteiger partial charge in [0.2, 0.25) is 5.95 Å². The molecule has 2 saturated heterocycles. The van der Waals surface area contributed by atoms with Crippen molar-refractivity contribution in [2.75, 3.05) is 36.8 Å². The molecule has 3 N–H and O–H groups in total. The highest BCUT2D eigenvalue weighted by molar-refractivity contribution is 7.19. The lowest BCUT2D eigenvalue weighted by Crippen LogP contribution is -2.26. The van der Waals surface area contributed by atoms with Crippen molar-refractivity contribution in [3.8, 4) is 0 Å². The second-order valence-electron chi connectivity index (χ2n) is 6.88. The van der Waals surface area contributed by atoms with Gasteiger partial charge in [0.05, 0.1) is 10.2 Å². The van der Waals surface area contributed by atoms with Gasteiger partial charge in [-0.05, 0) is 43.1 Å². The average molecular weight is 315 g/mol. The van der Waals surface area contributed by atoms with Gasteiger partial charge in [0.25, 0.3) is 0 Å². The minimum absolute atomic E-state index is 0.434. The second kappa shape index (κ2) is 4.80. The monoisotopic (exact) mass is 315 g/mol. The molecule has 2 aromatic heterocycles. The molecule has 2 aliphatic heterocycles. The van der Waals surface area contributed by atoms with E-state index in [9.17, 15) is 0 Å². The summed E-state index contributed by atoms with van der Waals surface area (Å²) in [6.45, 7) is 4.50. The maximum atomic E-state index is 6.04. The van der Waals surface area contributed by atoms with Gasteiger partial charge in [-0.3, -0.25) is 0 Å². The van der Waals surface area contributed by atoms with Gasteiger partial charge in [-0.25, -0.2) is 4.98 Å². The average Bonchev–Trinajstić information content (AvgIpc) is 3.18. The Bertz CT molecular complexity index is 728. The predicted molar refractivity (Wildman–Crippen MR) is 90.5 cm³/mol. The Kier molecular flexibility index (Phi) is 2.85. The molecule has 4 heterocycles. The zero-order valence-corrected chi connectivity index (χ0v) is 13.5. The van der Waals surface area contributed by atoms with Crippen LogP contribution in [0.3, 0.4) is 0 Å². The molecule has 5 rings (SSSR count). The molecule has 5 nitrogen and oxygen atoms in total. The number of nitrogens with zero attached hydrogens (tertiary/aromatic N) is 3. The molecular formula is C16H21N5S. The van der Waals surface area contributed by atoms with Crippen LogP contribution in [-0.4, -0.2) is 36.1 Å². The number of aryl methyl sites for hydroxylation is 2. The summed E-state index contributed by atoms with van der Waals surface area (Å²) in [6.07, 6.45) is 4.93. The minimum atomic E-state index is 0.434. The standard InChI is InChI=1S/C16H21N5S/c17-16-19-13-11-3-1-2-4-12(11)22-14(13)15(20-16)21-7-9-5-18-6-10(9)8-21/h9-10,18H,1-8H2,(H2,17,19,20)/t9-,10+. The molecule has 2 atom stereocenters. The molecule has 0 spiro atoms. The summed E-state index contributed by atoms with van der Waals surface area (Å²) in [7, 11) is 0. The maximum Gasteiger partial charge on any atom is 0.222 e. The van der Waals surface area contributed by atoms with Crippen LogP contribution in [0.5, 0.6) is 0 Å². The highest BCUT2D eigenvalue weighted by Gasteiger charge is 2.37. The van der Waals surface area contributed by atoms with E-state index in [4.69, 9.17) is 5.73 Å². The molecule has 0 bridgehead atoms. The first kappa shape index (κ1) is 13.1. The fraction of sp³-hybridized carbons (Fsp3) is 0.625. The predicted octanol–water partition coefficient (Wildman–Crippen LogP) is 1.81. The number of anilines is 2. The molecule has 116 valence electrons. The van der Waals surface area contributed by atoms with Crippen LogP contribution < -0.4 is 16.0 Å². The summed E-state index contributed by atoms with van der Waals surface area (Å²) >= 11 is 1.91. The van der Waals surface area contributed by atoms with E-state index in [1.807, 2.05) is 11.3 Å². The first-order valence-corrected chi connectivity index (χ1v) is 9.14. The molecular weight excluding hydrogens is 294 g/mol. The van der Waals surface area contributed by atoms with E-state index < -0.39 is 0 Å². The van der Waals surface area contributed by atoms with E-state index in [1.54, 1.807) is 0 Å². The second-order valence-corrected chi connectivity index (χ2v) is 7.98. The van der Waals surface area contributed by atoms with Gasteiger partial charge in [0.15, 0.2) is 5.82 Å². The Morgan fingerprint density at radius 1 is 1.09 bits per heavy atom. The van der Waals surface area contributed by atoms with Crippen LogP contribution in [0.25, 0.3) is 10.2 Å². The molecule has 6 heteroatoms. The van der Waals surface area contributed by atoms with Crippen molar-refractivity contribution in [1.82, 2.24) is 15.3 Å². The molecule has 22 heavy (non-hydrogen) atoms. The van der Waals surface area contributed by atoms with Crippen LogP contribution >= 0.6 is 11.3 Å². The zero-order chi connectivity index (χ0) is 14.7. The number of nitrogens with one attached hydrogen (secondary N) is 1.